The number of aliphatic hydroxyl groups is 3. The molecule has 5 atom stereocenters. The summed E-state index contributed by atoms with van der Waals surface area (Å²) in [5, 5.41) is 43.1. The molecule has 3 rings (SSSR count). The lowest BCUT2D eigenvalue weighted by Crippen LogP contribution is -2.61. The third kappa shape index (κ3) is 4.69. The van der Waals surface area contributed by atoms with E-state index in [9.17, 15) is 25.2 Å². The van der Waals surface area contributed by atoms with Crippen molar-refractivity contribution in [1.82, 2.24) is 5.32 Å². The van der Waals surface area contributed by atoms with Gasteiger partial charge in [0.05, 0.1) is 6.54 Å². The van der Waals surface area contributed by atoms with Crippen molar-refractivity contribution in [1.29, 1.82) is 0 Å². The van der Waals surface area contributed by atoms with E-state index in [1.54, 1.807) is 0 Å². The second-order valence-electron chi connectivity index (χ2n) is 9.21. The number of nitrogens with zero attached hydrogens (tertiary/aromatic N) is 1. The van der Waals surface area contributed by atoms with Gasteiger partial charge in [-0.05, 0) is 36.0 Å². The first-order valence-corrected chi connectivity index (χ1v) is 10.4. The van der Waals surface area contributed by atoms with Gasteiger partial charge in [-0.2, -0.15) is 0 Å². The molecule has 2 aliphatic heterocycles. The van der Waals surface area contributed by atoms with E-state index in [0.29, 0.717) is 12.2 Å². The summed E-state index contributed by atoms with van der Waals surface area (Å²) in [6.07, 6.45) is -7.70. The number of amidine groups is 1. The van der Waals surface area contributed by atoms with E-state index in [1.165, 1.54) is 0 Å². The molecule has 5 N–H and O–H groups in total. The topological polar surface area (TPSA) is 141 Å². The van der Waals surface area contributed by atoms with E-state index in [0.717, 1.165) is 41.2 Å². The number of aliphatic carboxylic acids is 1. The molecule has 172 valence electrons. The average molecular weight is 437 g/mol. The summed E-state index contributed by atoms with van der Waals surface area (Å²) in [5.74, 6) is -0.0997. The molecule has 0 saturated carbocycles. The highest BCUT2D eigenvalue weighted by Gasteiger charge is 2.48. The van der Waals surface area contributed by atoms with Gasteiger partial charge < -0.3 is 35.2 Å². The normalized spacial score (nSPS) is 28.8. The zero-order chi connectivity index (χ0) is 23.1. The SMILES string of the molecule is Cc1cc(C(C)(C)C)c(OC2OC(C(=O)O)C(O)C(O)C2O)c(C)c1CC1=NCCN1. The zero-order valence-electron chi connectivity index (χ0n) is 18.5. The molecule has 9 heteroatoms. The number of ether oxygens (including phenoxy) is 2. The Hall–Kier alpha value is -2.20. The van der Waals surface area contributed by atoms with Gasteiger partial charge >= 0.3 is 5.97 Å². The highest BCUT2D eigenvalue weighted by Crippen LogP contribution is 2.39. The van der Waals surface area contributed by atoms with E-state index in [2.05, 4.69) is 10.3 Å². The van der Waals surface area contributed by atoms with Crippen molar-refractivity contribution >= 4 is 11.8 Å². The molecule has 0 spiro atoms. The second-order valence-corrected chi connectivity index (χ2v) is 9.21. The van der Waals surface area contributed by atoms with Gasteiger partial charge in [-0.1, -0.05) is 26.8 Å². The largest absolute Gasteiger partial charge is 0.479 e. The van der Waals surface area contributed by atoms with Crippen LogP contribution in [0.15, 0.2) is 11.1 Å². The Morgan fingerprint density at radius 2 is 1.90 bits per heavy atom. The van der Waals surface area contributed by atoms with Gasteiger partial charge in [0.1, 0.15) is 29.9 Å². The number of carboxylic acids is 1. The fourth-order valence-corrected chi connectivity index (χ4v) is 3.98. The minimum atomic E-state index is -1.77. The Morgan fingerprint density at radius 1 is 1.23 bits per heavy atom. The number of aliphatic hydroxyl groups excluding tert-OH is 3. The van der Waals surface area contributed by atoms with Gasteiger partial charge in [0.2, 0.25) is 6.29 Å². The lowest BCUT2D eigenvalue weighted by Gasteiger charge is -2.39. The number of hydrogen-bond acceptors (Lipinski definition) is 8. The molecule has 5 unspecified atom stereocenters. The molecule has 2 aliphatic rings. The van der Waals surface area contributed by atoms with Gasteiger partial charge in [-0.15, -0.1) is 0 Å². The highest BCUT2D eigenvalue weighted by molar-refractivity contribution is 5.86. The van der Waals surface area contributed by atoms with Crippen LogP contribution in [0.4, 0.5) is 0 Å². The summed E-state index contributed by atoms with van der Waals surface area (Å²) in [5.41, 5.74) is 3.43. The summed E-state index contributed by atoms with van der Waals surface area (Å²) < 4.78 is 11.4. The van der Waals surface area contributed by atoms with Gasteiger partial charge in [0.25, 0.3) is 0 Å². The van der Waals surface area contributed by atoms with Crippen LogP contribution in [-0.4, -0.2) is 76.0 Å². The molecule has 31 heavy (non-hydrogen) atoms. The minimum Gasteiger partial charge on any atom is -0.479 e. The molecular weight excluding hydrogens is 404 g/mol. The molecule has 1 saturated heterocycles. The zero-order valence-corrected chi connectivity index (χ0v) is 18.5. The Balaban J connectivity index is 2.02. The summed E-state index contributed by atoms with van der Waals surface area (Å²) in [7, 11) is 0. The van der Waals surface area contributed by atoms with Crippen LogP contribution in [0.5, 0.6) is 5.75 Å². The predicted molar refractivity (Wildman–Crippen MR) is 114 cm³/mol. The lowest BCUT2D eigenvalue weighted by molar-refractivity contribution is -0.271. The first-order chi connectivity index (χ1) is 14.4. The summed E-state index contributed by atoms with van der Waals surface area (Å²) >= 11 is 0. The third-order valence-corrected chi connectivity index (χ3v) is 5.82. The first-order valence-electron chi connectivity index (χ1n) is 10.4. The van der Waals surface area contributed by atoms with Crippen molar-refractivity contribution in [3.05, 3.63) is 28.3 Å². The Labute approximate surface area is 181 Å². The quantitative estimate of drug-likeness (QED) is 0.447. The van der Waals surface area contributed by atoms with E-state index in [-0.39, 0.29) is 5.41 Å². The van der Waals surface area contributed by atoms with Crippen LogP contribution in [0, 0.1) is 13.8 Å². The molecule has 1 aromatic rings. The fourth-order valence-electron chi connectivity index (χ4n) is 3.98. The molecule has 0 aromatic heterocycles. The van der Waals surface area contributed by atoms with E-state index in [1.807, 2.05) is 40.7 Å². The molecule has 0 bridgehead atoms. The lowest BCUT2D eigenvalue weighted by atomic mass is 9.82. The maximum atomic E-state index is 11.4. The number of nitrogens with one attached hydrogen (secondary N) is 1. The van der Waals surface area contributed by atoms with Gasteiger partial charge in [0.15, 0.2) is 6.10 Å². The van der Waals surface area contributed by atoms with E-state index in [4.69, 9.17) is 9.47 Å². The Morgan fingerprint density at radius 3 is 2.45 bits per heavy atom. The minimum absolute atomic E-state index is 0.323. The second kappa shape index (κ2) is 8.74. The molecular formula is C22H32N2O7. The monoisotopic (exact) mass is 436 g/mol. The molecule has 9 nitrogen and oxygen atoms in total. The van der Waals surface area contributed by atoms with Gasteiger partial charge in [0, 0.05) is 18.5 Å². The van der Waals surface area contributed by atoms with Gasteiger partial charge in [-0.25, -0.2) is 4.79 Å². The predicted octanol–water partition coefficient (Wildman–Crippen LogP) is 0.416. The van der Waals surface area contributed by atoms with Crippen molar-refractivity contribution in [2.24, 2.45) is 4.99 Å². The van der Waals surface area contributed by atoms with Crippen LogP contribution in [0.25, 0.3) is 0 Å². The van der Waals surface area contributed by atoms with Crippen molar-refractivity contribution in [3.8, 4) is 5.75 Å². The fraction of sp³-hybridized carbons (Fsp3) is 0.636. The number of carbonyl (C=O) groups is 1. The molecule has 2 heterocycles. The first kappa shape index (κ1) is 23.5. The molecule has 1 fully saturated rings. The van der Waals surface area contributed by atoms with Crippen molar-refractivity contribution in [2.45, 2.75) is 77.2 Å². The molecule has 0 radical (unpaired) electrons. The van der Waals surface area contributed by atoms with Crippen LogP contribution in [-0.2, 0) is 21.4 Å². The standard InChI is InChI=1S/C22H32N2O7/c1-10-8-13(22(3,4)5)18(11(2)12(10)9-14-23-6-7-24-14)30-21-17(27)15(25)16(26)19(31-21)20(28)29/h8,15-17,19,21,25-27H,6-7,9H2,1-5H3,(H,23,24)(H,28,29). The molecule has 0 amide bonds. The van der Waals surface area contributed by atoms with Crippen LogP contribution in [0.1, 0.15) is 43.0 Å². The van der Waals surface area contributed by atoms with Gasteiger partial charge in [-0.3, -0.25) is 4.99 Å². The smallest absolute Gasteiger partial charge is 0.335 e. The van der Waals surface area contributed by atoms with Crippen molar-refractivity contribution in [3.63, 3.8) is 0 Å². The van der Waals surface area contributed by atoms with Crippen molar-refractivity contribution < 1.29 is 34.7 Å². The summed E-state index contributed by atoms with van der Waals surface area (Å²) in [6, 6.07) is 2.02. The number of benzene rings is 1. The molecule has 0 aliphatic carbocycles. The van der Waals surface area contributed by atoms with Crippen LogP contribution in [0.2, 0.25) is 0 Å². The number of carboxylic acid groups (broad SMARTS) is 1. The maximum absolute atomic E-state index is 11.4. The molecule has 1 aromatic carbocycles. The number of aryl methyl sites for hydroxylation is 1. The summed E-state index contributed by atoms with van der Waals surface area (Å²) in [6.45, 7) is 11.5. The maximum Gasteiger partial charge on any atom is 0.335 e. The van der Waals surface area contributed by atoms with Crippen LogP contribution in [0.3, 0.4) is 0 Å². The van der Waals surface area contributed by atoms with E-state index >= 15 is 0 Å². The Bertz CT molecular complexity index is 878. The third-order valence-electron chi connectivity index (χ3n) is 5.82. The van der Waals surface area contributed by atoms with Crippen LogP contribution < -0.4 is 10.1 Å². The number of rotatable bonds is 5. The summed E-state index contributed by atoms with van der Waals surface area (Å²) in [4.78, 5) is 15.9. The number of aliphatic imine (C=N–C) groups is 1. The Kier molecular flexibility index (Phi) is 6.61. The van der Waals surface area contributed by atoms with Crippen molar-refractivity contribution in [2.75, 3.05) is 13.1 Å². The van der Waals surface area contributed by atoms with Crippen LogP contribution >= 0.6 is 0 Å². The van der Waals surface area contributed by atoms with E-state index < -0.39 is 36.7 Å². The average Bonchev–Trinajstić information content (AvgIpc) is 3.19. The highest BCUT2D eigenvalue weighted by atomic mass is 16.7. The number of hydrogen-bond donors (Lipinski definition) is 5.